The summed E-state index contributed by atoms with van der Waals surface area (Å²) in [6.45, 7) is 7.62. The number of rotatable bonds is 8. The second-order valence-electron chi connectivity index (χ2n) is 7.31. The largest absolute Gasteiger partial charge is 0.475 e. The highest BCUT2D eigenvalue weighted by Crippen LogP contribution is 2.19. The summed E-state index contributed by atoms with van der Waals surface area (Å²) in [7, 11) is 0. The van der Waals surface area contributed by atoms with Crippen LogP contribution in [0, 0.1) is 0 Å². The zero-order valence-corrected chi connectivity index (χ0v) is 15.6. The third-order valence-electron chi connectivity index (χ3n) is 3.98. The Hall–Kier alpha value is -1.88. The lowest BCUT2D eigenvalue weighted by atomic mass is 9.97. The van der Waals surface area contributed by atoms with E-state index in [9.17, 15) is 4.79 Å². The number of carbonyl (C=O) groups excluding carboxylic acids is 1. The van der Waals surface area contributed by atoms with E-state index >= 15 is 0 Å². The molecule has 0 radical (unpaired) electrons. The molecule has 1 N–H and O–H groups in total. The van der Waals surface area contributed by atoms with Gasteiger partial charge in [0.1, 0.15) is 6.61 Å². The van der Waals surface area contributed by atoms with E-state index in [1.165, 1.54) is 31.3 Å². The van der Waals surface area contributed by atoms with E-state index in [0.717, 1.165) is 6.42 Å². The predicted molar refractivity (Wildman–Crippen MR) is 98.9 cm³/mol. The van der Waals surface area contributed by atoms with Gasteiger partial charge in [0.05, 0.1) is 17.8 Å². The van der Waals surface area contributed by atoms with Gasteiger partial charge in [0.15, 0.2) is 0 Å². The third kappa shape index (κ3) is 7.69. The lowest BCUT2D eigenvalue weighted by Crippen LogP contribution is -2.25. The van der Waals surface area contributed by atoms with Gasteiger partial charge in [0.25, 0.3) is 5.91 Å². The second-order valence-corrected chi connectivity index (χ2v) is 7.31. The van der Waals surface area contributed by atoms with E-state index in [-0.39, 0.29) is 11.5 Å². The van der Waals surface area contributed by atoms with Gasteiger partial charge in [0, 0.05) is 18.8 Å². The number of nitrogens with one attached hydrogen (secondary N) is 1. The van der Waals surface area contributed by atoms with Crippen LogP contribution in [-0.2, 0) is 4.74 Å². The number of pyridine rings is 1. The maximum Gasteiger partial charge on any atom is 0.252 e. The van der Waals surface area contributed by atoms with Gasteiger partial charge >= 0.3 is 0 Å². The Labute approximate surface area is 150 Å². The molecule has 0 aliphatic heterocycles. The highest BCUT2D eigenvalue weighted by Gasteiger charge is 2.10. The first-order valence-corrected chi connectivity index (χ1v) is 9.13. The first kappa shape index (κ1) is 19.4. The van der Waals surface area contributed by atoms with Crippen LogP contribution in [0.5, 0.6) is 5.88 Å². The molecule has 0 bridgehead atoms. The molecule has 1 heterocycles. The van der Waals surface area contributed by atoms with E-state index in [2.05, 4.69) is 16.4 Å². The number of allylic oxidation sites excluding steroid dienone is 1. The zero-order valence-electron chi connectivity index (χ0n) is 15.6. The van der Waals surface area contributed by atoms with Crippen molar-refractivity contribution in [3.63, 3.8) is 0 Å². The SMILES string of the molecule is CC(C)(C)OCCOc1ccc(C(=O)NCCC2=CCCCC2)cn1. The van der Waals surface area contributed by atoms with Gasteiger partial charge in [0.2, 0.25) is 5.88 Å². The molecule has 138 valence electrons. The molecule has 1 aliphatic rings. The van der Waals surface area contributed by atoms with Gasteiger partial charge in [-0.05, 0) is 58.9 Å². The highest BCUT2D eigenvalue weighted by atomic mass is 16.5. The summed E-state index contributed by atoms with van der Waals surface area (Å²) in [5.74, 6) is 0.410. The van der Waals surface area contributed by atoms with Crippen molar-refractivity contribution in [2.45, 2.75) is 58.5 Å². The molecule has 25 heavy (non-hydrogen) atoms. The fourth-order valence-corrected chi connectivity index (χ4v) is 2.66. The fourth-order valence-electron chi connectivity index (χ4n) is 2.66. The number of hydrogen-bond acceptors (Lipinski definition) is 4. The van der Waals surface area contributed by atoms with Gasteiger partial charge in [-0.15, -0.1) is 0 Å². The van der Waals surface area contributed by atoms with Crippen LogP contribution in [0.25, 0.3) is 0 Å². The molecular weight excluding hydrogens is 316 g/mol. The van der Waals surface area contributed by atoms with E-state index < -0.39 is 0 Å². The second kappa shape index (κ2) is 9.56. The molecule has 0 fully saturated rings. The quantitative estimate of drug-likeness (QED) is 0.573. The van der Waals surface area contributed by atoms with Crippen LogP contribution in [-0.4, -0.2) is 36.3 Å². The minimum absolute atomic E-state index is 0.0912. The van der Waals surface area contributed by atoms with Crippen LogP contribution >= 0.6 is 0 Å². The molecule has 0 aromatic carbocycles. The molecular formula is C20H30N2O3. The molecule has 5 heteroatoms. The summed E-state index contributed by atoms with van der Waals surface area (Å²) in [4.78, 5) is 16.3. The third-order valence-corrected chi connectivity index (χ3v) is 3.98. The van der Waals surface area contributed by atoms with E-state index in [0.29, 0.717) is 31.2 Å². The lowest BCUT2D eigenvalue weighted by Gasteiger charge is -2.19. The molecule has 5 nitrogen and oxygen atoms in total. The number of carbonyl (C=O) groups is 1. The Morgan fingerprint density at radius 1 is 1.24 bits per heavy atom. The first-order chi connectivity index (χ1) is 11.9. The van der Waals surface area contributed by atoms with Gasteiger partial charge < -0.3 is 14.8 Å². The average molecular weight is 346 g/mol. The van der Waals surface area contributed by atoms with Crippen molar-refractivity contribution in [2.24, 2.45) is 0 Å². The van der Waals surface area contributed by atoms with Crippen LogP contribution in [0.15, 0.2) is 30.0 Å². The molecule has 0 atom stereocenters. The van der Waals surface area contributed by atoms with E-state index in [4.69, 9.17) is 9.47 Å². The van der Waals surface area contributed by atoms with Crippen LogP contribution in [0.3, 0.4) is 0 Å². The summed E-state index contributed by atoms with van der Waals surface area (Å²) in [6, 6.07) is 3.46. The molecule has 1 amide bonds. The van der Waals surface area contributed by atoms with Crippen molar-refractivity contribution in [1.29, 1.82) is 0 Å². The number of aromatic nitrogens is 1. The van der Waals surface area contributed by atoms with Crippen LogP contribution in [0.4, 0.5) is 0 Å². The van der Waals surface area contributed by atoms with Crippen molar-refractivity contribution >= 4 is 5.91 Å². The zero-order chi connectivity index (χ0) is 18.1. The number of hydrogen-bond donors (Lipinski definition) is 1. The standard InChI is InChI=1S/C20H30N2O3/c1-20(2,3)25-14-13-24-18-10-9-17(15-22-18)19(23)21-12-11-16-7-5-4-6-8-16/h7,9-10,15H,4-6,8,11-14H2,1-3H3,(H,21,23). The normalized spacial score (nSPS) is 14.8. The predicted octanol–water partition coefficient (Wildman–Crippen LogP) is 3.90. The number of ether oxygens (including phenoxy) is 2. The Balaban J connectivity index is 1.69. The summed E-state index contributed by atoms with van der Waals surface area (Å²) >= 11 is 0. The molecule has 0 saturated heterocycles. The van der Waals surface area contributed by atoms with Gasteiger partial charge in [-0.1, -0.05) is 11.6 Å². The number of amides is 1. The monoisotopic (exact) mass is 346 g/mol. The molecule has 0 unspecified atom stereocenters. The van der Waals surface area contributed by atoms with Crippen molar-refractivity contribution < 1.29 is 14.3 Å². The van der Waals surface area contributed by atoms with Crippen molar-refractivity contribution in [2.75, 3.05) is 19.8 Å². The fraction of sp³-hybridized carbons (Fsp3) is 0.600. The topological polar surface area (TPSA) is 60.5 Å². The average Bonchev–Trinajstić information content (AvgIpc) is 2.59. The summed E-state index contributed by atoms with van der Waals surface area (Å²) in [5, 5.41) is 2.95. The molecule has 1 aromatic heterocycles. The minimum atomic E-state index is -0.174. The molecule has 1 aromatic rings. The minimum Gasteiger partial charge on any atom is -0.475 e. The van der Waals surface area contributed by atoms with Crippen molar-refractivity contribution in [3.8, 4) is 5.88 Å². The molecule has 0 spiro atoms. The van der Waals surface area contributed by atoms with E-state index in [1.807, 2.05) is 20.8 Å². The lowest BCUT2D eigenvalue weighted by molar-refractivity contribution is -0.0168. The van der Waals surface area contributed by atoms with Crippen LogP contribution in [0.1, 0.15) is 63.2 Å². The summed E-state index contributed by atoms with van der Waals surface area (Å²) in [5.41, 5.74) is 1.84. The van der Waals surface area contributed by atoms with Gasteiger partial charge in [-0.3, -0.25) is 4.79 Å². The smallest absolute Gasteiger partial charge is 0.252 e. The van der Waals surface area contributed by atoms with Gasteiger partial charge in [-0.2, -0.15) is 0 Å². The molecule has 2 rings (SSSR count). The summed E-state index contributed by atoms with van der Waals surface area (Å²) < 4.78 is 11.1. The first-order valence-electron chi connectivity index (χ1n) is 9.13. The Kier molecular flexibility index (Phi) is 7.44. The summed E-state index contributed by atoms with van der Waals surface area (Å²) in [6.07, 6.45) is 9.71. The van der Waals surface area contributed by atoms with Gasteiger partial charge in [-0.25, -0.2) is 4.98 Å². The number of nitrogens with zero attached hydrogens (tertiary/aromatic N) is 1. The highest BCUT2D eigenvalue weighted by molar-refractivity contribution is 5.93. The Bertz CT molecular complexity index is 574. The molecule has 1 aliphatic carbocycles. The maximum absolute atomic E-state index is 12.1. The maximum atomic E-state index is 12.1. The van der Waals surface area contributed by atoms with Crippen molar-refractivity contribution in [3.05, 3.63) is 35.5 Å². The van der Waals surface area contributed by atoms with Crippen LogP contribution < -0.4 is 10.1 Å². The molecule has 0 saturated carbocycles. The van der Waals surface area contributed by atoms with Crippen molar-refractivity contribution in [1.82, 2.24) is 10.3 Å². The van der Waals surface area contributed by atoms with E-state index in [1.54, 1.807) is 18.3 Å². The Morgan fingerprint density at radius 3 is 2.72 bits per heavy atom. The Morgan fingerprint density at radius 2 is 2.08 bits per heavy atom. The van der Waals surface area contributed by atoms with Crippen LogP contribution in [0.2, 0.25) is 0 Å².